The lowest BCUT2D eigenvalue weighted by Crippen LogP contribution is -2.28. The largest absolute Gasteiger partial charge is 0.491 e. The molecule has 0 spiro atoms. The summed E-state index contributed by atoms with van der Waals surface area (Å²) in [5.41, 5.74) is 5.84. The zero-order valence-corrected chi connectivity index (χ0v) is 27.3. The van der Waals surface area contributed by atoms with Crippen molar-refractivity contribution in [3.63, 3.8) is 0 Å². The monoisotopic (exact) mass is 575 g/mol. The maximum Gasteiger partial charge on any atom is 0.252 e. The summed E-state index contributed by atoms with van der Waals surface area (Å²) in [4.78, 5) is 14.3. The van der Waals surface area contributed by atoms with Crippen LogP contribution in [0.4, 0.5) is 5.69 Å². The Kier molecular flexibility index (Phi) is 21.7. The minimum absolute atomic E-state index is 0.432. The van der Waals surface area contributed by atoms with Gasteiger partial charge in [0, 0.05) is 18.7 Å². The number of thiol groups is 1. The predicted molar refractivity (Wildman–Crippen MR) is 178 cm³/mol. The Labute approximate surface area is 250 Å². The molecule has 1 unspecified atom stereocenters. The number of benzene rings is 2. The first-order valence-electron chi connectivity index (χ1n) is 14.9. The minimum Gasteiger partial charge on any atom is -0.491 e. The molecule has 0 amide bonds. The van der Waals surface area contributed by atoms with E-state index in [1.807, 2.05) is 45.9 Å². The second kappa shape index (κ2) is 22.9. The van der Waals surface area contributed by atoms with Crippen LogP contribution in [0.5, 0.6) is 5.75 Å². The Morgan fingerprint density at radius 1 is 1.05 bits per heavy atom. The van der Waals surface area contributed by atoms with E-state index in [1.54, 1.807) is 12.3 Å². The second-order valence-corrected chi connectivity index (χ2v) is 9.46. The molecule has 5 heteroatoms. The number of unbranched alkanes of at least 4 members (excludes halogenated alkanes) is 2. The van der Waals surface area contributed by atoms with Gasteiger partial charge in [0.05, 0.1) is 12.3 Å². The van der Waals surface area contributed by atoms with Crippen LogP contribution in [0.2, 0.25) is 0 Å². The van der Waals surface area contributed by atoms with Gasteiger partial charge in [-0.1, -0.05) is 65.8 Å². The molecule has 1 atom stereocenters. The Morgan fingerprint density at radius 2 is 1.77 bits per heavy atom. The topological polar surface area (TPSA) is 29.5 Å². The van der Waals surface area contributed by atoms with Crippen molar-refractivity contribution >= 4 is 35.2 Å². The lowest BCUT2D eigenvalue weighted by Gasteiger charge is -2.28. The van der Waals surface area contributed by atoms with Crippen LogP contribution in [0.1, 0.15) is 113 Å². The molecule has 0 aliphatic carbocycles. The van der Waals surface area contributed by atoms with Crippen LogP contribution in [0.3, 0.4) is 0 Å². The Balaban J connectivity index is 0.00000225. The molecule has 0 radical (unpaired) electrons. The van der Waals surface area contributed by atoms with Crippen LogP contribution in [0.25, 0.3) is 0 Å². The van der Waals surface area contributed by atoms with Crippen LogP contribution in [0.15, 0.2) is 49.1 Å². The molecule has 0 bridgehead atoms. The smallest absolute Gasteiger partial charge is 0.252 e. The fraction of sp³-hybridized carbons (Fsp3) is 0.559. The van der Waals surface area contributed by atoms with Crippen molar-refractivity contribution in [2.24, 2.45) is 0 Å². The van der Waals surface area contributed by atoms with Crippen molar-refractivity contribution in [1.82, 2.24) is 0 Å². The molecular formula is C34H54ClNO2S. The lowest BCUT2D eigenvalue weighted by molar-refractivity contribution is 0.108. The average molecular weight is 576 g/mol. The number of aryl methyl sites for hydroxylation is 1. The Hall–Kier alpha value is -1.91. The van der Waals surface area contributed by atoms with E-state index in [9.17, 15) is 4.79 Å². The molecule has 0 aromatic heterocycles. The number of hydrogen-bond acceptors (Lipinski definition) is 4. The lowest BCUT2D eigenvalue weighted by atomic mass is 9.91. The zero-order valence-electron chi connectivity index (χ0n) is 25.7. The third kappa shape index (κ3) is 12.9. The molecule has 39 heavy (non-hydrogen) atoms. The van der Waals surface area contributed by atoms with Crippen LogP contribution >= 0.6 is 24.2 Å². The number of allylic oxidation sites excluding steroid dienone is 1. The number of anilines is 1. The molecule has 2 aromatic rings. The van der Waals surface area contributed by atoms with Gasteiger partial charge in [-0.25, -0.2) is 0 Å². The summed E-state index contributed by atoms with van der Waals surface area (Å²) in [7, 11) is 0. The van der Waals surface area contributed by atoms with E-state index in [0.29, 0.717) is 18.1 Å². The van der Waals surface area contributed by atoms with Crippen molar-refractivity contribution in [2.75, 3.05) is 30.9 Å². The SMILES string of the molecule is C=CCCCCN1CCc2ccc(C(C)CC)cc2CCCCOc2ccc(C(=O)Cl)cc21.CC.CC.CS. The fourth-order valence-corrected chi connectivity index (χ4v) is 4.59. The van der Waals surface area contributed by atoms with Gasteiger partial charge in [-0.2, -0.15) is 12.6 Å². The van der Waals surface area contributed by atoms with Crippen molar-refractivity contribution in [3.05, 3.63) is 71.3 Å². The Morgan fingerprint density at radius 3 is 2.41 bits per heavy atom. The van der Waals surface area contributed by atoms with E-state index in [2.05, 4.69) is 56.2 Å². The maximum atomic E-state index is 11.9. The first kappa shape index (κ1) is 37.1. The summed E-state index contributed by atoms with van der Waals surface area (Å²) in [5.74, 6) is 1.42. The van der Waals surface area contributed by atoms with Crippen molar-refractivity contribution < 1.29 is 9.53 Å². The van der Waals surface area contributed by atoms with Gasteiger partial charge < -0.3 is 9.64 Å². The number of hydrogen-bond donors (Lipinski definition) is 1. The average Bonchev–Trinajstić information content (AvgIpc) is 2.99. The van der Waals surface area contributed by atoms with E-state index in [1.165, 1.54) is 16.7 Å². The molecule has 1 aliphatic rings. The number of ether oxygens (including phenoxy) is 1. The molecule has 3 nitrogen and oxygen atoms in total. The summed E-state index contributed by atoms with van der Waals surface area (Å²) in [6.07, 6.45) is 12.2. The summed E-state index contributed by atoms with van der Waals surface area (Å²) >= 11 is 9.36. The minimum atomic E-state index is -0.432. The fourth-order valence-electron chi connectivity index (χ4n) is 4.47. The molecule has 0 N–H and O–H groups in total. The van der Waals surface area contributed by atoms with Gasteiger partial charge in [0.25, 0.3) is 5.24 Å². The molecule has 3 rings (SSSR count). The predicted octanol–water partition coefficient (Wildman–Crippen LogP) is 10.3. The van der Waals surface area contributed by atoms with Crippen LogP contribution < -0.4 is 9.64 Å². The van der Waals surface area contributed by atoms with Crippen LogP contribution in [-0.2, 0) is 12.8 Å². The molecule has 0 saturated carbocycles. The maximum absolute atomic E-state index is 11.9. The molecular weight excluding hydrogens is 522 g/mol. The van der Waals surface area contributed by atoms with Gasteiger partial charge in [0.1, 0.15) is 5.75 Å². The van der Waals surface area contributed by atoms with Crippen LogP contribution in [-0.4, -0.2) is 31.2 Å². The third-order valence-corrected chi connectivity index (χ3v) is 6.99. The molecule has 1 aliphatic heterocycles. The number of nitrogens with zero attached hydrogens (tertiary/aromatic N) is 1. The highest BCUT2D eigenvalue weighted by Crippen LogP contribution is 2.32. The Bertz CT molecular complexity index is 947. The molecule has 2 aromatic carbocycles. The second-order valence-electron chi connectivity index (χ2n) is 9.12. The summed E-state index contributed by atoms with van der Waals surface area (Å²) in [6, 6.07) is 12.7. The standard InChI is InChI=1S/C29H38ClNO2.2C2H6.CH4S/c1-4-6-7-9-17-31-18-16-23-12-13-24(22(3)5-2)20-25(23)11-8-10-19-33-28-15-14-26(29(30)32)21-27(28)31;3*1-2/h4,12-15,20-22H,1,5-11,16-19H2,2-3H3;2*1-2H3;2H,1H3. The quantitative estimate of drug-likeness (QED) is 0.147. The van der Waals surface area contributed by atoms with Crippen molar-refractivity contribution in [3.8, 4) is 5.75 Å². The van der Waals surface area contributed by atoms with Gasteiger partial charge in [-0.3, -0.25) is 4.79 Å². The number of carbonyl (C=O) groups is 1. The van der Waals surface area contributed by atoms with Gasteiger partial charge in [-0.15, -0.1) is 6.58 Å². The summed E-state index contributed by atoms with van der Waals surface area (Å²) in [5, 5.41) is -0.432. The van der Waals surface area contributed by atoms with E-state index in [0.717, 1.165) is 75.9 Å². The van der Waals surface area contributed by atoms with E-state index in [4.69, 9.17) is 16.3 Å². The third-order valence-electron chi connectivity index (χ3n) is 6.77. The normalized spacial score (nSPS) is 13.4. The first-order valence-corrected chi connectivity index (χ1v) is 16.2. The van der Waals surface area contributed by atoms with Gasteiger partial charge in [0.15, 0.2) is 0 Å². The highest BCUT2D eigenvalue weighted by molar-refractivity contribution is 7.79. The van der Waals surface area contributed by atoms with E-state index >= 15 is 0 Å². The summed E-state index contributed by atoms with van der Waals surface area (Å²) < 4.78 is 6.21. The highest BCUT2D eigenvalue weighted by Gasteiger charge is 2.18. The molecule has 1 heterocycles. The molecule has 0 fully saturated rings. The van der Waals surface area contributed by atoms with Crippen molar-refractivity contribution in [1.29, 1.82) is 0 Å². The number of carbonyl (C=O) groups excluding carboxylic acids is 1. The van der Waals surface area contributed by atoms with Gasteiger partial charge in [-0.05, 0) is 110 Å². The highest BCUT2D eigenvalue weighted by atomic mass is 35.5. The van der Waals surface area contributed by atoms with E-state index in [-0.39, 0.29) is 0 Å². The first-order chi connectivity index (χ1) is 19.0. The van der Waals surface area contributed by atoms with Gasteiger partial charge in [0.2, 0.25) is 0 Å². The van der Waals surface area contributed by atoms with Crippen molar-refractivity contribution in [2.45, 2.75) is 98.8 Å². The van der Waals surface area contributed by atoms with Crippen LogP contribution in [0, 0.1) is 0 Å². The summed E-state index contributed by atoms with van der Waals surface area (Å²) in [6.45, 7) is 18.9. The zero-order chi connectivity index (χ0) is 29.6. The number of halogens is 1. The van der Waals surface area contributed by atoms with E-state index < -0.39 is 5.24 Å². The molecule has 220 valence electrons. The molecule has 0 saturated heterocycles. The number of fused-ring (bicyclic) bond motifs is 2. The number of rotatable bonds is 8. The van der Waals surface area contributed by atoms with Gasteiger partial charge >= 0.3 is 0 Å².